The average Bonchev–Trinajstić information content (AvgIpc) is 3.13. The minimum absolute atomic E-state index is 0.0585. The number of carbonyl (C=O) groups is 1. The SMILES string of the molecule is CCC(=O)OCC1CCC(c2ccc(C(N)=NC=N)[nH]2)O1. The fraction of sp³-hybridized carbons (Fsp3) is 0.500. The Labute approximate surface area is 123 Å². The van der Waals surface area contributed by atoms with Gasteiger partial charge in [-0.05, 0) is 25.0 Å². The van der Waals surface area contributed by atoms with Crippen LogP contribution in [-0.4, -0.2) is 35.8 Å². The van der Waals surface area contributed by atoms with E-state index in [1.54, 1.807) is 6.92 Å². The molecule has 1 aliphatic rings. The smallest absolute Gasteiger partial charge is 0.305 e. The maximum atomic E-state index is 11.1. The van der Waals surface area contributed by atoms with Crippen LogP contribution in [0.4, 0.5) is 0 Å². The molecular weight excluding hydrogens is 272 g/mol. The summed E-state index contributed by atoms with van der Waals surface area (Å²) < 4.78 is 11.0. The van der Waals surface area contributed by atoms with Gasteiger partial charge < -0.3 is 20.2 Å². The third-order valence-electron chi connectivity index (χ3n) is 3.36. The summed E-state index contributed by atoms with van der Waals surface area (Å²) in [6.07, 6.45) is 2.86. The molecular formula is C14H20N4O3. The summed E-state index contributed by atoms with van der Waals surface area (Å²) in [5, 5.41) is 6.91. The summed E-state index contributed by atoms with van der Waals surface area (Å²) in [6, 6.07) is 3.71. The Hall–Kier alpha value is -2.15. The number of aromatic nitrogens is 1. The van der Waals surface area contributed by atoms with E-state index in [2.05, 4.69) is 9.98 Å². The number of nitrogens with zero attached hydrogens (tertiary/aromatic N) is 1. The molecule has 2 heterocycles. The van der Waals surface area contributed by atoms with E-state index in [9.17, 15) is 4.79 Å². The quantitative estimate of drug-likeness (QED) is 0.419. The largest absolute Gasteiger partial charge is 0.463 e. The molecule has 0 radical (unpaired) electrons. The van der Waals surface area contributed by atoms with Gasteiger partial charge in [-0.3, -0.25) is 10.2 Å². The number of aliphatic imine (C=N–C) groups is 1. The average molecular weight is 292 g/mol. The predicted molar refractivity (Wildman–Crippen MR) is 78.4 cm³/mol. The van der Waals surface area contributed by atoms with Gasteiger partial charge in [0.15, 0.2) is 0 Å². The highest BCUT2D eigenvalue weighted by atomic mass is 16.6. The minimum atomic E-state index is -0.208. The topological polar surface area (TPSA) is 114 Å². The molecule has 0 aromatic carbocycles. The van der Waals surface area contributed by atoms with E-state index >= 15 is 0 Å². The van der Waals surface area contributed by atoms with Gasteiger partial charge in [-0.1, -0.05) is 6.92 Å². The Bertz CT molecular complexity index is 538. The van der Waals surface area contributed by atoms with Crippen molar-refractivity contribution in [3.05, 3.63) is 23.5 Å². The molecule has 21 heavy (non-hydrogen) atoms. The highest BCUT2D eigenvalue weighted by molar-refractivity contribution is 5.99. The number of hydrogen-bond donors (Lipinski definition) is 3. The van der Waals surface area contributed by atoms with Gasteiger partial charge in [-0.2, -0.15) is 0 Å². The van der Waals surface area contributed by atoms with E-state index < -0.39 is 0 Å². The number of nitrogens with one attached hydrogen (secondary N) is 2. The van der Waals surface area contributed by atoms with Crippen molar-refractivity contribution in [2.45, 2.75) is 38.4 Å². The number of carbonyl (C=O) groups excluding carboxylic acids is 1. The van der Waals surface area contributed by atoms with Crippen molar-refractivity contribution in [2.24, 2.45) is 10.7 Å². The molecule has 1 saturated heterocycles. The van der Waals surface area contributed by atoms with Gasteiger partial charge in [-0.25, -0.2) is 4.99 Å². The number of esters is 1. The lowest BCUT2D eigenvalue weighted by molar-refractivity contribution is -0.147. The molecule has 0 spiro atoms. The molecule has 2 unspecified atom stereocenters. The number of H-pyrrole nitrogens is 1. The molecule has 1 aliphatic heterocycles. The fourth-order valence-corrected chi connectivity index (χ4v) is 2.23. The summed E-state index contributed by atoms with van der Waals surface area (Å²) in [6.45, 7) is 2.06. The third kappa shape index (κ3) is 3.91. The third-order valence-corrected chi connectivity index (χ3v) is 3.36. The van der Waals surface area contributed by atoms with Gasteiger partial charge in [0.2, 0.25) is 0 Å². The van der Waals surface area contributed by atoms with Gasteiger partial charge in [0.1, 0.15) is 18.8 Å². The molecule has 114 valence electrons. The van der Waals surface area contributed by atoms with Crippen molar-refractivity contribution < 1.29 is 14.3 Å². The molecule has 1 aromatic heterocycles. The molecule has 2 atom stereocenters. The summed E-state index contributed by atoms with van der Waals surface area (Å²) in [4.78, 5) is 18.0. The minimum Gasteiger partial charge on any atom is -0.463 e. The highest BCUT2D eigenvalue weighted by Gasteiger charge is 2.28. The van der Waals surface area contributed by atoms with Crippen LogP contribution in [0.3, 0.4) is 0 Å². The van der Waals surface area contributed by atoms with Gasteiger partial charge in [0, 0.05) is 12.1 Å². The van der Waals surface area contributed by atoms with Crippen LogP contribution in [0.1, 0.15) is 43.7 Å². The standard InChI is InChI=1S/C14H20N4O3/c1-2-13(19)20-7-9-3-6-12(21-9)10-4-5-11(18-10)14(16)17-8-15/h4-5,8-9,12,18H,2-3,6-7H2,1H3,(H3,15,16,17). The zero-order chi connectivity index (χ0) is 15.2. The summed E-state index contributed by atoms with van der Waals surface area (Å²) in [5.74, 6) is 0.0579. The van der Waals surface area contributed by atoms with Gasteiger partial charge >= 0.3 is 5.97 Å². The number of ether oxygens (including phenoxy) is 2. The summed E-state index contributed by atoms with van der Waals surface area (Å²) in [7, 11) is 0. The molecule has 0 bridgehead atoms. The second-order valence-electron chi connectivity index (χ2n) is 4.83. The van der Waals surface area contributed by atoms with Crippen LogP contribution in [0.15, 0.2) is 17.1 Å². The number of nitrogens with two attached hydrogens (primary N) is 1. The molecule has 1 fully saturated rings. The maximum absolute atomic E-state index is 11.1. The van der Waals surface area contributed by atoms with E-state index in [0.29, 0.717) is 18.7 Å². The van der Waals surface area contributed by atoms with Crippen LogP contribution >= 0.6 is 0 Å². The fourth-order valence-electron chi connectivity index (χ4n) is 2.23. The van der Waals surface area contributed by atoms with E-state index in [4.69, 9.17) is 20.6 Å². The molecule has 2 rings (SSSR count). The zero-order valence-corrected chi connectivity index (χ0v) is 12.0. The number of hydrogen-bond acceptors (Lipinski definition) is 4. The van der Waals surface area contributed by atoms with E-state index in [0.717, 1.165) is 24.9 Å². The lowest BCUT2D eigenvalue weighted by atomic mass is 10.1. The van der Waals surface area contributed by atoms with Crippen LogP contribution < -0.4 is 5.73 Å². The van der Waals surface area contributed by atoms with Gasteiger partial charge in [-0.15, -0.1) is 0 Å². The second kappa shape index (κ2) is 7.03. The Morgan fingerprint density at radius 2 is 2.43 bits per heavy atom. The summed E-state index contributed by atoms with van der Waals surface area (Å²) in [5.41, 5.74) is 7.29. The van der Waals surface area contributed by atoms with Gasteiger partial charge in [0.25, 0.3) is 0 Å². The number of rotatable bonds is 6. The number of amidine groups is 1. The molecule has 7 nitrogen and oxygen atoms in total. The first-order chi connectivity index (χ1) is 10.1. The Morgan fingerprint density at radius 1 is 1.62 bits per heavy atom. The lowest BCUT2D eigenvalue weighted by Crippen LogP contribution is -2.18. The predicted octanol–water partition coefficient (Wildman–Crippen LogP) is 1.50. The second-order valence-corrected chi connectivity index (χ2v) is 4.83. The first kappa shape index (κ1) is 15.2. The molecule has 0 saturated carbocycles. The van der Waals surface area contributed by atoms with Crippen molar-refractivity contribution in [3.8, 4) is 0 Å². The van der Waals surface area contributed by atoms with Gasteiger partial charge in [0.05, 0.1) is 17.9 Å². The number of aromatic amines is 1. The van der Waals surface area contributed by atoms with Crippen molar-refractivity contribution >= 4 is 18.1 Å². The highest BCUT2D eigenvalue weighted by Crippen LogP contribution is 2.32. The molecule has 0 amide bonds. The molecule has 0 aliphatic carbocycles. The Morgan fingerprint density at radius 3 is 3.14 bits per heavy atom. The van der Waals surface area contributed by atoms with Crippen LogP contribution in [-0.2, 0) is 14.3 Å². The van der Waals surface area contributed by atoms with Crippen LogP contribution in [0, 0.1) is 5.41 Å². The van der Waals surface area contributed by atoms with Crippen LogP contribution in [0.2, 0.25) is 0 Å². The van der Waals surface area contributed by atoms with E-state index in [-0.39, 0.29) is 24.0 Å². The van der Waals surface area contributed by atoms with Crippen molar-refractivity contribution in [3.63, 3.8) is 0 Å². The Kier molecular flexibility index (Phi) is 5.10. The lowest BCUT2D eigenvalue weighted by Gasteiger charge is -2.13. The first-order valence-electron chi connectivity index (χ1n) is 6.96. The van der Waals surface area contributed by atoms with Crippen LogP contribution in [0.5, 0.6) is 0 Å². The first-order valence-corrected chi connectivity index (χ1v) is 6.96. The zero-order valence-electron chi connectivity index (χ0n) is 12.0. The molecule has 7 heteroatoms. The maximum Gasteiger partial charge on any atom is 0.305 e. The molecule has 1 aromatic rings. The van der Waals surface area contributed by atoms with Crippen molar-refractivity contribution in [1.82, 2.24) is 4.98 Å². The molecule has 4 N–H and O–H groups in total. The Balaban J connectivity index is 1.91. The van der Waals surface area contributed by atoms with E-state index in [1.807, 2.05) is 12.1 Å². The van der Waals surface area contributed by atoms with E-state index in [1.165, 1.54) is 0 Å². The van der Waals surface area contributed by atoms with Crippen molar-refractivity contribution in [2.75, 3.05) is 6.61 Å². The summed E-state index contributed by atoms with van der Waals surface area (Å²) >= 11 is 0. The van der Waals surface area contributed by atoms with Crippen molar-refractivity contribution in [1.29, 1.82) is 5.41 Å². The normalized spacial score (nSPS) is 22.2. The van der Waals surface area contributed by atoms with Crippen LogP contribution in [0.25, 0.3) is 0 Å². The monoisotopic (exact) mass is 292 g/mol.